The third-order valence-electron chi connectivity index (χ3n) is 2.07. The van der Waals surface area contributed by atoms with Crippen molar-refractivity contribution in [3.8, 4) is 0 Å². The zero-order chi connectivity index (χ0) is 13.0. The van der Waals surface area contributed by atoms with Crippen LogP contribution in [0.5, 0.6) is 0 Å². The Morgan fingerprint density at radius 1 is 1.22 bits per heavy atom. The molecular formula is C12H9FN2O2S. The molecule has 1 heterocycles. The number of thiocarbonyl (C=S) groups is 1. The summed E-state index contributed by atoms with van der Waals surface area (Å²) >= 11 is 4.94. The molecule has 0 saturated heterocycles. The Hall–Kier alpha value is -2.21. The van der Waals surface area contributed by atoms with Crippen molar-refractivity contribution >= 4 is 28.9 Å². The highest BCUT2D eigenvalue weighted by atomic mass is 32.1. The Kier molecular flexibility index (Phi) is 3.69. The van der Waals surface area contributed by atoms with Gasteiger partial charge in [0.05, 0.1) is 6.26 Å². The van der Waals surface area contributed by atoms with E-state index in [1.165, 1.54) is 36.6 Å². The molecule has 18 heavy (non-hydrogen) atoms. The van der Waals surface area contributed by atoms with Crippen molar-refractivity contribution in [2.24, 2.45) is 0 Å². The predicted molar refractivity (Wildman–Crippen MR) is 68.8 cm³/mol. The summed E-state index contributed by atoms with van der Waals surface area (Å²) in [7, 11) is 0. The van der Waals surface area contributed by atoms with Crippen LogP contribution in [-0.2, 0) is 0 Å². The van der Waals surface area contributed by atoms with E-state index in [0.29, 0.717) is 5.69 Å². The van der Waals surface area contributed by atoms with E-state index < -0.39 is 5.91 Å². The van der Waals surface area contributed by atoms with E-state index in [-0.39, 0.29) is 16.7 Å². The zero-order valence-corrected chi connectivity index (χ0v) is 9.96. The fraction of sp³-hybridized carbons (Fsp3) is 0. The highest BCUT2D eigenvalue weighted by Crippen LogP contribution is 2.08. The van der Waals surface area contributed by atoms with E-state index in [0.717, 1.165) is 0 Å². The van der Waals surface area contributed by atoms with Crippen LogP contribution >= 0.6 is 12.2 Å². The van der Waals surface area contributed by atoms with Crippen molar-refractivity contribution in [1.82, 2.24) is 5.32 Å². The van der Waals surface area contributed by atoms with Gasteiger partial charge in [-0.1, -0.05) is 0 Å². The van der Waals surface area contributed by atoms with Crippen molar-refractivity contribution < 1.29 is 13.6 Å². The fourth-order valence-electron chi connectivity index (χ4n) is 1.27. The lowest BCUT2D eigenvalue weighted by Gasteiger charge is -2.08. The van der Waals surface area contributed by atoms with Gasteiger partial charge < -0.3 is 9.73 Å². The van der Waals surface area contributed by atoms with Gasteiger partial charge in [0.15, 0.2) is 10.9 Å². The number of hydrogen-bond acceptors (Lipinski definition) is 3. The highest BCUT2D eigenvalue weighted by molar-refractivity contribution is 7.80. The Morgan fingerprint density at radius 3 is 2.56 bits per heavy atom. The van der Waals surface area contributed by atoms with E-state index in [1.807, 2.05) is 0 Å². The standard InChI is InChI=1S/C12H9FN2O2S/c13-8-3-5-9(6-4-8)14-12(18)15-11(16)10-2-1-7-17-10/h1-7H,(H2,14,15,16,18). The summed E-state index contributed by atoms with van der Waals surface area (Å²) in [5.41, 5.74) is 0.584. The molecule has 2 N–H and O–H groups in total. The molecule has 0 unspecified atom stereocenters. The number of furan rings is 1. The first-order valence-corrected chi connectivity index (χ1v) is 5.47. The number of nitrogens with one attached hydrogen (secondary N) is 2. The van der Waals surface area contributed by atoms with Gasteiger partial charge in [0, 0.05) is 5.69 Å². The molecule has 0 fully saturated rings. The summed E-state index contributed by atoms with van der Waals surface area (Å²) in [5, 5.41) is 5.31. The van der Waals surface area contributed by atoms with Gasteiger partial charge in [-0.3, -0.25) is 10.1 Å². The summed E-state index contributed by atoms with van der Waals surface area (Å²) in [6.45, 7) is 0. The second-order valence-electron chi connectivity index (χ2n) is 3.39. The van der Waals surface area contributed by atoms with E-state index >= 15 is 0 Å². The van der Waals surface area contributed by atoms with Gasteiger partial charge in [-0.2, -0.15) is 0 Å². The first-order valence-electron chi connectivity index (χ1n) is 5.06. The minimum atomic E-state index is -0.445. The average Bonchev–Trinajstić information content (AvgIpc) is 2.85. The molecule has 92 valence electrons. The van der Waals surface area contributed by atoms with Crippen LogP contribution in [-0.4, -0.2) is 11.0 Å². The third-order valence-corrected chi connectivity index (χ3v) is 2.28. The van der Waals surface area contributed by atoms with Crippen molar-refractivity contribution in [2.45, 2.75) is 0 Å². The molecule has 4 nitrogen and oxygen atoms in total. The van der Waals surface area contributed by atoms with Crippen molar-refractivity contribution in [2.75, 3.05) is 5.32 Å². The number of hydrogen-bond donors (Lipinski definition) is 2. The third kappa shape index (κ3) is 3.14. The monoisotopic (exact) mass is 264 g/mol. The lowest BCUT2D eigenvalue weighted by atomic mass is 10.3. The number of rotatable bonds is 2. The van der Waals surface area contributed by atoms with Crippen LogP contribution in [0, 0.1) is 5.82 Å². The minimum absolute atomic E-state index is 0.114. The molecule has 1 aromatic heterocycles. The molecule has 1 amide bonds. The van der Waals surface area contributed by atoms with E-state index in [1.54, 1.807) is 6.07 Å². The summed E-state index contributed by atoms with van der Waals surface area (Å²) in [6, 6.07) is 8.74. The highest BCUT2D eigenvalue weighted by Gasteiger charge is 2.10. The number of halogens is 1. The Labute approximate surface area is 108 Å². The molecule has 0 aliphatic rings. The van der Waals surface area contributed by atoms with Gasteiger partial charge >= 0.3 is 0 Å². The normalized spacial score (nSPS) is 9.83. The number of anilines is 1. The summed E-state index contributed by atoms with van der Waals surface area (Å²) in [6.07, 6.45) is 1.39. The maximum Gasteiger partial charge on any atom is 0.293 e. The van der Waals surface area contributed by atoms with Crippen molar-refractivity contribution in [3.05, 3.63) is 54.2 Å². The van der Waals surface area contributed by atoms with Gasteiger partial charge in [0.2, 0.25) is 0 Å². The van der Waals surface area contributed by atoms with E-state index in [4.69, 9.17) is 16.6 Å². The molecule has 0 spiro atoms. The molecule has 0 saturated carbocycles. The molecular weight excluding hydrogens is 255 g/mol. The zero-order valence-electron chi connectivity index (χ0n) is 9.14. The topological polar surface area (TPSA) is 54.3 Å². The molecule has 1 aromatic carbocycles. The first-order chi connectivity index (χ1) is 8.65. The fourth-order valence-corrected chi connectivity index (χ4v) is 1.48. The van der Waals surface area contributed by atoms with E-state index in [9.17, 15) is 9.18 Å². The minimum Gasteiger partial charge on any atom is -0.459 e. The van der Waals surface area contributed by atoms with Crippen LogP contribution in [0.1, 0.15) is 10.6 Å². The van der Waals surface area contributed by atoms with E-state index in [2.05, 4.69) is 10.6 Å². The Balaban J connectivity index is 1.93. The molecule has 0 atom stereocenters. The summed E-state index contributed by atoms with van der Waals surface area (Å²) in [5.74, 6) is -0.621. The van der Waals surface area contributed by atoms with Gasteiger partial charge in [-0.25, -0.2) is 4.39 Å². The Bertz CT molecular complexity index is 552. The summed E-state index contributed by atoms with van der Waals surface area (Å²) < 4.78 is 17.6. The predicted octanol–water partition coefficient (Wildman–Crippen LogP) is 2.55. The van der Waals surface area contributed by atoms with Crippen LogP contribution < -0.4 is 10.6 Å². The van der Waals surface area contributed by atoms with Crippen LogP contribution in [0.3, 0.4) is 0 Å². The molecule has 0 bridgehead atoms. The lowest BCUT2D eigenvalue weighted by Crippen LogP contribution is -2.33. The molecule has 0 aliphatic carbocycles. The summed E-state index contributed by atoms with van der Waals surface area (Å²) in [4.78, 5) is 11.6. The van der Waals surface area contributed by atoms with Crippen molar-refractivity contribution in [3.63, 3.8) is 0 Å². The molecule has 0 radical (unpaired) electrons. The van der Waals surface area contributed by atoms with Crippen LogP contribution in [0.4, 0.5) is 10.1 Å². The van der Waals surface area contributed by atoms with Gasteiger partial charge in [-0.15, -0.1) is 0 Å². The lowest BCUT2D eigenvalue weighted by molar-refractivity contribution is 0.0950. The number of carbonyl (C=O) groups is 1. The van der Waals surface area contributed by atoms with Gasteiger partial charge in [0.25, 0.3) is 5.91 Å². The molecule has 0 aliphatic heterocycles. The van der Waals surface area contributed by atoms with Crippen LogP contribution in [0.2, 0.25) is 0 Å². The second kappa shape index (κ2) is 5.42. The average molecular weight is 264 g/mol. The van der Waals surface area contributed by atoms with Crippen LogP contribution in [0.25, 0.3) is 0 Å². The van der Waals surface area contributed by atoms with Crippen molar-refractivity contribution in [1.29, 1.82) is 0 Å². The number of amides is 1. The molecule has 2 aromatic rings. The smallest absolute Gasteiger partial charge is 0.293 e. The van der Waals surface area contributed by atoms with Crippen LogP contribution in [0.15, 0.2) is 47.1 Å². The number of benzene rings is 1. The van der Waals surface area contributed by atoms with Gasteiger partial charge in [0.1, 0.15) is 5.82 Å². The number of carbonyl (C=O) groups excluding carboxylic acids is 1. The second-order valence-corrected chi connectivity index (χ2v) is 3.80. The molecule has 6 heteroatoms. The van der Waals surface area contributed by atoms with Gasteiger partial charge in [-0.05, 0) is 48.6 Å². The SMILES string of the molecule is O=C(NC(=S)Nc1ccc(F)cc1)c1ccco1. The molecule has 2 rings (SSSR count). The quantitative estimate of drug-likeness (QED) is 0.818. The Morgan fingerprint density at radius 2 is 1.94 bits per heavy atom. The first kappa shape index (κ1) is 12.3. The maximum atomic E-state index is 12.7. The largest absolute Gasteiger partial charge is 0.459 e. The maximum absolute atomic E-state index is 12.7.